The molecule has 0 saturated carbocycles. The fourth-order valence-electron chi connectivity index (χ4n) is 2.97. The summed E-state index contributed by atoms with van der Waals surface area (Å²) in [6.45, 7) is 4.67. The molecule has 2 aromatic rings. The number of carboxylic acids is 1. The second-order valence-corrected chi connectivity index (χ2v) is 9.06. The Bertz CT molecular complexity index is 961. The molecule has 0 atom stereocenters. The zero-order valence-electron chi connectivity index (χ0n) is 16.3. The van der Waals surface area contributed by atoms with Crippen LogP contribution in [0.3, 0.4) is 0 Å². The molecule has 158 valence electrons. The summed E-state index contributed by atoms with van der Waals surface area (Å²) >= 11 is 3.35. The van der Waals surface area contributed by atoms with E-state index in [0.717, 1.165) is 22.2 Å². The summed E-state index contributed by atoms with van der Waals surface area (Å²) in [6.07, 6.45) is 1.17. The van der Waals surface area contributed by atoms with Crippen LogP contribution in [0.1, 0.15) is 36.2 Å². The van der Waals surface area contributed by atoms with E-state index in [1.54, 1.807) is 4.90 Å². The highest BCUT2D eigenvalue weighted by atomic mass is 79.9. The van der Waals surface area contributed by atoms with Gasteiger partial charge in [0.05, 0.1) is 11.3 Å². The number of sulfonamides is 1. The molecule has 0 aliphatic rings. The average molecular weight is 487 g/mol. The number of anilines is 1. The highest BCUT2D eigenvalue weighted by molar-refractivity contribution is 9.10. The van der Waals surface area contributed by atoms with Crippen LogP contribution in [0.5, 0.6) is 0 Å². The van der Waals surface area contributed by atoms with Crippen LogP contribution in [0.25, 0.3) is 0 Å². The van der Waals surface area contributed by atoms with Gasteiger partial charge in [0.25, 0.3) is 0 Å². The fraction of sp³-hybridized carbons (Fsp3) is 0.350. The summed E-state index contributed by atoms with van der Waals surface area (Å²) in [4.78, 5) is 12.6. The molecule has 0 fully saturated rings. The van der Waals surface area contributed by atoms with E-state index in [0.29, 0.717) is 25.9 Å². The van der Waals surface area contributed by atoms with E-state index < -0.39 is 26.7 Å². The Labute approximate surface area is 178 Å². The number of rotatable bonds is 10. The van der Waals surface area contributed by atoms with Gasteiger partial charge in [0, 0.05) is 24.1 Å². The van der Waals surface area contributed by atoms with E-state index >= 15 is 0 Å². The van der Waals surface area contributed by atoms with E-state index in [-0.39, 0.29) is 17.8 Å². The largest absolute Gasteiger partial charge is 0.478 e. The van der Waals surface area contributed by atoms with Crippen LogP contribution in [-0.4, -0.2) is 39.1 Å². The Hall–Kier alpha value is -1.97. The van der Waals surface area contributed by atoms with Crippen molar-refractivity contribution in [3.63, 3.8) is 0 Å². The molecule has 0 amide bonds. The number of aromatic carboxylic acids is 1. The molecule has 0 aromatic heterocycles. The van der Waals surface area contributed by atoms with Crippen LogP contribution in [0, 0.1) is 5.82 Å². The lowest BCUT2D eigenvalue weighted by Gasteiger charge is -2.23. The second kappa shape index (κ2) is 10.2. The molecule has 0 heterocycles. The minimum atomic E-state index is -4.18. The van der Waals surface area contributed by atoms with Crippen LogP contribution in [0.2, 0.25) is 0 Å². The van der Waals surface area contributed by atoms with Crippen molar-refractivity contribution in [2.75, 3.05) is 24.5 Å². The van der Waals surface area contributed by atoms with Gasteiger partial charge in [-0.05, 0) is 56.5 Å². The van der Waals surface area contributed by atoms with Gasteiger partial charge in [-0.1, -0.05) is 28.1 Å². The van der Waals surface area contributed by atoms with Crippen molar-refractivity contribution in [3.05, 3.63) is 57.8 Å². The maximum absolute atomic E-state index is 14.6. The van der Waals surface area contributed by atoms with Crippen molar-refractivity contribution in [3.8, 4) is 0 Å². The van der Waals surface area contributed by atoms with E-state index in [9.17, 15) is 22.7 Å². The zero-order valence-corrected chi connectivity index (χ0v) is 18.7. The van der Waals surface area contributed by atoms with Crippen LogP contribution in [-0.2, 0) is 16.4 Å². The molecule has 6 nitrogen and oxygen atoms in total. The van der Waals surface area contributed by atoms with E-state index in [4.69, 9.17) is 0 Å². The first kappa shape index (κ1) is 23.3. The van der Waals surface area contributed by atoms with Crippen LogP contribution in [0.4, 0.5) is 10.1 Å². The Morgan fingerprint density at radius 2 is 1.79 bits per heavy atom. The Balaban J connectivity index is 2.17. The van der Waals surface area contributed by atoms with Crippen LogP contribution < -0.4 is 9.62 Å². The van der Waals surface area contributed by atoms with Gasteiger partial charge in [-0.3, -0.25) is 0 Å². The Morgan fingerprint density at radius 1 is 1.17 bits per heavy atom. The number of hydrogen-bond acceptors (Lipinski definition) is 4. The second-order valence-electron chi connectivity index (χ2n) is 6.41. The van der Waals surface area contributed by atoms with Gasteiger partial charge in [-0.2, -0.15) is 0 Å². The number of halogens is 2. The van der Waals surface area contributed by atoms with Gasteiger partial charge in [-0.25, -0.2) is 22.3 Å². The maximum Gasteiger partial charge on any atom is 0.337 e. The summed E-state index contributed by atoms with van der Waals surface area (Å²) in [5, 5.41) is 9.48. The fourth-order valence-corrected chi connectivity index (χ4v) is 4.40. The molecule has 0 radical (unpaired) electrons. The summed E-state index contributed by atoms with van der Waals surface area (Å²) in [5.41, 5.74) is 0.967. The predicted molar refractivity (Wildman–Crippen MR) is 115 cm³/mol. The first-order chi connectivity index (χ1) is 13.7. The number of nitrogens with zero attached hydrogens (tertiary/aromatic N) is 1. The van der Waals surface area contributed by atoms with Gasteiger partial charge in [-0.15, -0.1) is 0 Å². The Kier molecular flexibility index (Phi) is 8.18. The summed E-state index contributed by atoms with van der Waals surface area (Å²) in [7, 11) is -4.18. The number of carbonyl (C=O) groups is 1. The molecule has 0 saturated heterocycles. The van der Waals surface area contributed by atoms with Gasteiger partial charge in [0.15, 0.2) is 0 Å². The van der Waals surface area contributed by atoms with Gasteiger partial charge in [0.2, 0.25) is 10.0 Å². The highest BCUT2D eigenvalue weighted by Crippen LogP contribution is 2.27. The normalized spacial score (nSPS) is 11.4. The predicted octanol–water partition coefficient (Wildman–Crippen LogP) is 4.04. The van der Waals surface area contributed by atoms with Crippen LogP contribution >= 0.6 is 15.9 Å². The molecule has 9 heteroatoms. The minimum absolute atomic E-state index is 0.109. The number of benzene rings is 2. The van der Waals surface area contributed by atoms with Gasteiger partial charge >= 0.3 is 5.97 Å². The molecule has 0 spiro atoms. The lowest BCUT2D eigenvalue weighted by atomic mass is 10.1. The van der Waals surface area contributed by atoms with Crippen molar-refractivity contribution in [2.45, 2.75) is 31.6 Å². The molecule has 0 aliphatic carbocycles. The number of hydrogen-bond donors (Lipinski definition) is 2. The third-order valence-corrected chi connectivity index (χ3v) is 6.53. The quantitative estimate of drug-likeness (QED) is 0.494. The van der Waals surface area contributed by atoms with Crippen LogP contribution in [0.15, 0.2) is 45.8 Å². The third-order valence-electron chi connectivity index (χ3n) is 4.52. The Morgan fingerprint density at radius 3 is 2.34 bits per heavy atom. The molecule has 0 unspecified atom stereocenters. The van der Waals surface area contributed by atoms with Crippen molar-refractivity contribution < 1.29 is 22.7 Å². The molecule has 2 rings (SSSR count). The molecule has 29 heavy (non-hydrogen) atoms. The molecular formula is C20H24BrFN2O4S. The minimum Gasteiger partial charge on any atom is -0.478 e. The zero-order chi connectivity index (χ0) is 21.6. The highest BCUT2D eigenvalue weighted by Gasteiger charge is 2.25. The average Bonchev–Trinajstić information content (AvgIpc) is 2.67. The first-order valence-corrected chi connectivity index (χ1v) is 11.5. The molecule has 0 bridgehead atoms. The van der Waals surface area contributed by atoms with Gasteiger partial charge < -0.3 is 10.0 Å². The monoisotopic (exact) mass is 486 g/mol. The summed E-state index contributed by atoms with van der Waals surface area (Å²) < 4.78 is 43.0. The topological polar surface area (TPSA) is 86.7 Å². The SMILES string of the molecule is CCN(CC)c1cc(F)c(S(=O)(=O)NCCCc2ccc(Br)cc2)cc1C(=O)O. The summed E-state index contributed by atoms with van der Waals surface area (Å²) in [6, 6.07) is 9.54. The van der Waals surface area contributed by atoms with E-state index in [2.05, 4.69) is 20.7 Å². The summed E-state index contributed by atoms with van der Waals surface area (Å²) in [5.74, 6) is -2.28. The van der Waals surface area contributed by atoms with Gasteiger partial charge in [0.1, 0.15) is 10.7 Å². The molecule has 2 aromatic carbocycles. The standard InChI is InChI=1S/C20H24BrFN2O4S/c1-3-24(4-2)18-13-17(22)19(12-16(18)20(25)26)29(27,28)23-11-5-6-14-7-9-15(21)10-8-14/h7-10,12-13,23H,3-6,11H2,1-2H3,(H,25,26). The van der Waals surface area contributed by atoms with E-state index in [1.165, 1.54) is 0 Å². The van der Waals surface area contributed by atoms with Crippen molar-refractivity contribution in [1.82, 2.24) is 4.72 Å². The smallest absolute Gasteiger partial charge is 0.337 e. The molecule has 0 aliphatic heterocycles. The first-order valence-electron chi connectivity index (χ1n) is 9.25. The number of nitrogens with one attached hydrogen (secondary N) is 1. The number of carboxylic acid groups (broad SMARTS) is 1. The molecule has 2 N–H and O–H groups in total. The lowest BCUT2D eigenvalue weighted by Crippen LogP contribution is -2.28. The lowest BCUT2D eigenvalue weighted by molar-refractivity contribution is 0.0697. The van der Waals surface area contributed by atoms with Crippen molar-refractivity contribution >= 4 is 37.6 Å². The van der Waals surface area contributed by atoms with Crippen molar-refractivity contribution in [1.29, 1.82) is 0 Å². The van der Waals surface area contributed by atoms with E-state index in [1.807, 2.05) is 38.1 Å². The maximum atomic E-state index is 14.6. The number of aryl methyl sites for hydroxylation is 1. The third kappa shape index (κ3) is 6.01. The molecular weight excluding hydrogens is 463 g/mol. The van der Waals surface area contributed by atoms with Crippen molar-refractivity contribution in [2.24, 2.45) is 0 Å².